The maximum absolute atomic E-state index is 11.9. The number of aliphatic hydroxyl groups excluding tert-OH is 1. The molecule has 4 atom stereocenters. The van der Waals surface area contributed by atoms with Gasteiger partial charge in [0.25, 0.3) is 5.56 Å². The summed E-state index contributed by atoms with van der Waals surface area (Å²) in [6.07, 6.45) is 0.243. The van der Waals surface area contributed by atoms with Gasteiger partial charge in [0.1, 0.15) is 6.10 Å². The summed E-state index contributed by atoms with van der Waals surface area (Å²) in [7, 11) is -4.70. The van der Waals surface area contributed by atoms with Crippen molar-refractivity contribution in [2.75, 3.05) is 18.6 Å². The highest BCUT2D eigenvalue weighted by molar-refractivity contribution is 7.99. The number of nitrogens with two attached hydrogens (primary N) is 1. The number of thioether (sulfide) groups is 1. The van der Waals surface area contributed by atoms with Gasteiger partial charge in [0.2, 0.25) is 5.95 Å². The van der Waals surface area contributed by atoms with Gasteiger partial charge < -0.3 is 25.4 Å². The van der Waals surface area contributed by atoms with E-state index >= 15 is 0 Å². The number of aromatic nitrogens is 4. The van der Waals surface area contributed by atoms with E-state index in [1.165, 1.54) is 22.7 Å². The van der Waals surface area contributed by atoms with E-state index in [9.17, 15) is 14.5 Å². The summed E-state index contributed by atoms with van der Waals surface area (Å²) < 4.78 is 22.4. The highest BCUT2D eigenvalue weighted by Crippen LogP contribution is 2.41. The molecule has 0 amide bonds. The topological polar surface area (TPSA) is 186 Å². The number of phosphoric ester groups is 1. The molecular formula is C11H16N5O7PS. The van der Waals surface area contributed by atoms with Crippen LogP contribution in [0, 0.1) is 0 Å². The van der Waals surface area contributed by atoms with Gasteiger partial charge in [-0.3, -0.25) is 18.9 Å². The zero-order chi connectivity index (χ0) is 18.4. The molecule has 12 nitrogen and oxygen atoms in total. The van der Waals surface area contributed by atoms with Crippen LogP contribution in [-0.4, -0.2) is 64.7 Å². The molecule has 1 fully saturated rings. The molecule has 1 aliphatic heterocycles. The Labute approximate surface area is 144 Å². The van der Waals surface area contributed by atoms with Gasteiger partial charge in [-0.25, -0.2) is 9.55 Å². The van der Waals surface area contributed by atoms with E-state index < -0.39 is 43.7 Å². The number of nitrogen functional groups attached to an aromatic ring is 1. The summed E-state index contributed by atoms with van der Waals surface area (Å²) in [5.41, 5.74) is 5.28. The zero-order valence-corrected chi connectivity index (χ0v) is 14.6. The lowest BCUT2D eigenvalue weighted by Crippen LogP contribution is -2.31. The van der Waals surface area contributed by atoms with Crippen LogP contribution < -0.4 is 11.3 Å². The van der Waals surface area contributed by atoms with E-state index in [1.54, 1.807) is 6.26 Å². The first-order chi connectivity index (χ1) is 11.7. The summed E-state index contributed by atoms with van der Waals surface area (Å²) in [5.74, 6) is -0.0973. The third kappa shape index (κ3) is 3.58. The largest absolute Gasteiger partial charge is 0.469 e. The predicted molar refractivity (Wildman–Crippen MR) is 87.8 cm³/mol. The van der Waals surface area contributed by atoms with E-state index in [-0.39, 0.29) is 17.1 Å². The molecule has 3 heterocycles. The molecule has 2 aromatic heterocycles. The average molecular weight is 393 g/mol. The lowest BCUT2D eigenvalue weighted by Gasteiger charge is -2.19. The van der Waals surface area contributed by atoms with Gasteiger partial charge >= 0.3 is 7.82 Å². The molecule has 0 bridgehead atoms. The van der Waals surface area contributed by atoms with Crippen LogP contribution in [0.4, 0.5) is 5.95 Å². The van der Waals surface area contributed by atoms with Crippen molar-refractivity contribution in [3.05, 3.63) is 16.7 Å². The van der Waals surface area contributed by atoms with Crippen LogP contribution >= 0.6 is 19.6 Å². The van der Waals surface area contributed by atoms with Crippen molar-refractivity contribution < 1.29 is 28.7 Å². The van der Waals surface area contributed by atoms with Gasteiger partial charge in [0.15, 0.2) is 17.4 Å². The molecule has 14 heteroatoms. The van der Waals surface area contributed by atoms with Gasteiger partial charge in [-0.05, 0) is 6.26 Å². The summed E-state index contributed by atoms with van der Waals surface area (Å²) >= 11 is 1.28. The fourth-order valence-corrected chi connectivity index (χ4v) is 3.86. The number of ether oxygens (including phenoxy) is 1. The molecule has 0 spiro atoms. The molecule has 6 N–H and O–H groups in total. The minimum Gasteiger partial charge on any atom is -0.389 e. The summed E-state index contributed by atoms with van der Waals surface area (Å²) in [6.45, 7) is -0.498. The normalized spacial score (nSPS) is 27.2. The maximum atomic E-state index is 11.9. The van der Waals surface area contributed by atoms with Crippen LogP contribution in [0.2, 0.25) is 0 Å². The average Bonchev–Trinajstić information content (AvgIpc) is 3.05. The number of rotatable bonds is 5. The van der Waals surface area contributed by atoms with Gasteiger partial charge in [0, 0.05) is 0 Å². The molecule has 0 aliphatic carbocycles. The molecule has 25 heavy (non-hydrogen) atoms. The van der Waals surface area contributed by atoms with Crippen LogP contribution in [0.3, 0.4) is 0 Å². The quantitative estimate of drug-likeness (QED) is 0.384. The first kappa shape index (κ1) is 18.3. The van der Waals surface area contributed by atoms with Crippen LogP contribution in [0.25, 0.3) is 11.2 Å². The Balaban J connectivity index is 1.94. The third-order valence-electron chi connectivity index (χ3n) is 3.72. The number of aromatic amines is 1. The summed E-state index contributed by atoms with van der Waals surface area (Å²) in [4.78, 5) is 39.8. The van der Waals surface area contributed by atoms with Crippen LogP contribution in [0.1, 0.15) is 6.23 Å². The Kier molecular flexibility index (Phi) is 4.90. The molecule has 3 rings (SSSR count). The summed E-state index contributed by atoms with van der Waals surface area (Å²) in [6, 6.07) is 0. The first-order valence-electron chi connectivity index (χ1n) is 7.00. The number of imidazole rings is 1. The number of hydrogen-bond acceptors (Lipinski definition) is 9. The van der Waals surface area contributed by atoms with Crippen molar-refractivity contribution in [3.63, 3.8) is 0 Å². The van der Waals surface area contributed by atoms with Crippen molar-refractivity contribution in [2.45, 2.75) is 23.7 Å². The zero-order valence-electron chi connectivity index (χ0n) is 12.8. The molecule has 2 aromatic rings. The lowest BCUT2D eigenvalue weighted by molar-refractivity contribution is -0.0422. The van der Waals surface area contributed by atoms with Gasteiger partial charge in [-0.15, -0.1) is 0 Å². The third-order valence-corrected chi connectivity index (χ3v) is 5.26. The second-order valence-electron chi connectivity index (χ2n) is 5.32. The minimum absolute atomic E-state index is 0.0575. The fraction of sp³-hybridized carbons (Fsp3) is 0.545. The number of phosphoric acid groups is 1. The fourth-order valence-electron chi connectivity index (χ4n) is 2.63. The Hall–Kier alpha value is -1.47. The molecule has 0 unspecified atom stereocenters. The van der Waals surface area contributed by atoms with E-state index in [4.69, 9.17) is 20.3 Å². The number of hydrogen-bond donors (Lipinski definition) is 5. The van der Waals surface area contributed by atoms with Crippen LogP contribution in [-0.2, 0) is 13.8 Å². The Bertz CT molecular complexity index is 881. The van der Waals surface area contributed by atoms with Crippen LogP contribution in [0.15, 0.2) is 11.1 Å². The van der Waals surface area contributed by atoms with Crippen LogP contribution in [0.5, 0.6) is 0 Å². The molecule has 0 radical (unpaired) electrons. The number of nitrogens with zero attached hydrogens (tertiary/aromatic N) is 3. The first-order valence-corrected chi connectivity index (χ1v) is 9.82. The number of anilines is 1. The van der Waals surface area contributed by atoms with E-state index in [2.05, 4.69) is 19.5 Å². The molecule has 138 valence electrons. The number of aliphatic hydroxyl groups is 1. The molecule has 0 saturated carbocycles. The highest BCUT2D eigenvalue weighted by atomic mass is 32.2. The standard InChI is InChI=1S/C11H16N5O7PS/c1-25-7-6(17)4(2-22-24(19,20)21)23-10(7)16-3-13-5-8(16)14-11(12)15-9(5)18/h3-4,6-7,10,17H,2H2,1H3,(H2,19,20,21)(H3,12,14,15,18)/t4-,6-,7-,10-/m1/s1. The van der Waals surface area contributed by atoms with Gasteiger partial charge in [-0.1, -0.05) is 0 Å². The van der Waals surface area contributed by atoms with Crippen molar-refractivity contribution in [1.29, 1.82) is 0 Å². The highest BCUT2D eigenvalue weighted by Gasteiger charge is 2.45. The van der Waals surface area contributed by atoms with Gasteiger partial charge in [0.05, 0.1) is 24.3 Å². The second kappa shape index (κ2) is 6.68. The molecule has 1 saturated heterocycles. The predicted octanol–water partition coefficient (Wildman–Crippen LogP) is -1.20. The van der Waals surface area contributed by atoms with E-state index in [0.717, 1.165) is 0 Å². The smallest absolute Gasteiger partial charge is 0.389 e. The number of nitrogens with one attached hydrogen (secondary N) is 1. The van der Waals surface area contributed by atoms with Crippen molar-refractivity contribution in [3.8, 4) is 0 Å². The maximum Gasteiger partial charge on any atom is 0.469 e. The number of fused-ring (bicyclic) bond motifs is 1. The van der Waals surface area contributed by atoms with E-state index in [0.29, 0.717) is 0 Å². The second-order valence-corrected chi connectivity index (χ2v) is 7.57. The minimum atomic E-state index is -4.70. The van der Waals surface area contributed by atoms with Gasteiger partial charge in [-0.2, -0.15) is 16.7 Å². The van der Waals surface area contributed by atoms with Crippen molar-refractivity contribution in [1.82, 2.24) is 19.5 Å². The molecular weight excluding hydrogens is 377 g/mol. The van der Waals surface area contributed by atoms with E-state index in [1.807, 2.05) is 0 Å². The summed E-state index contributed by atoms with van der Waals surface area (Å²) in [5, 5.41) is 9.86. The van der Waals surface area contributed by atoms with Crippen molar-refractivity contribution in [2.24, 2.45) is 0 Å². The van der Waals surface area contributed by atoms with Crippen molar-refractivity contribution >= 4 is 36.7 Å². The molecule has 0 aromatic carbocycles. The Morgan fingerprint density at radius 1 is 1.56 bits per heavy atom. The number of H-pyrrole nitrogens is 1. The monoisotopic (exact) mass is 393 g/mol. The lowest BCUT2D eigenvalue weighted by atomic mass is 10.2. The molecule has 1 aliphatic rings. The Morgan fingerprint density at radius 2 is 2.28 bits per heavy atom. The Morgan fingerprint density at radius 3 is 2.92 bits per heavy atom. The SMILES string of the molecule is CS[C@@H]1[C@H](O)[C@@H](COP(=O)(O)O)O[C@H]1n1cnc2c(=O)[nH]c(N)nc21.